The van der Waals surface area contributed by atoms with Gasteiger partial charge in [0, 0.05) is 6.07 Å². The lowest BCUT2D eigenvalue weighted by molar-refractivity contribution is -0.137. The van der Waals surface area contributed by atoms with Gasteiger partial charge in [-0.15, -0.1) is 0 Å². The van der Waals surface area contributed by atoms with E-state index in [0.717, 1.165) is 17.7 Å². The summed E-state index contributed by atoms with van der Waals surface area (Å²) in [5.41, 5.74) is 0.807. The van der Waals surface area contributed by atoms with Gasteiger partial charge in [-0.1, -0.05) is 42.5 Å². The van der Waals surface area contributed by atoms with Gasteiger partial charge < -0.3 is 5.32 Å². The van der Waals surface area contributed by atoms with Gasteiger partial charge in [-0.2, -0.15) is 18.3 Å². The molecule has 0 bridgehead atoms. The van der Waals surface area contributed by atoms with Gasteiger partial charge in [0.25, 0.3) is 0 Å². The molecule has 0 atom stereocenters. The van der Waals surface area contributed by atoms with Crippen molar-refractivity contribution in [3.63, 3.8) is 0 Å². The summed E-state index contributed by atoms with van der Waals surface area (Å²) >= 11 is 0. The Kier molecular flexibility index (Phi) is 5.06. The van der Waals surface area contributed by atoms with Crippen LogP contribution in [0.5, 0.6) is 0 Å². The van der Waals surface area contributed by atoms with E-state index in [9.17, 15) is 18.0 Å². The molecule has 1 amide bonds. The Morgan fingerprint density at radius 1 is 0.962 bits per heavy atom. The van der Waals surface area contributed by atoms with Crippen LogP contribution in [0.15, 0.2) is 66.9 Å². The van der Waals surface area contributed by atoms with E-state index in [1.807, 2.05) is 30.3 Å². The lowest BCUT2D eigenvalue weighted by atomic mass is 10.1. The minimum Gasteiger partial charge on any atom is -0.311 e. The van der Waals surface area contributed by atoms with Gasteiger partial charge in [0.15, 0.2) is 0 Å². The summed E-state index contributed by atoms with van der Waals surface area (Å²) in [6.45, 7) is 0.504. The molecule has 0 unspecified atom stereocenters. The molecule has 1 aromatic heterocycles. The average molecular weight is 359 g/mol. The van der Waals surface area contributed by atoms with E-state index in [0.29, 0.717) is 17.9 Å². The van der Waals surface area contributed by atoms with Crippen molar-refractivity contribution in [3.8, 4) is 0 Å². The third-order valence-electron chi connectivity index (χ3n) is 3.81. The first-order valence-corrected chi connectivity index (χ1v) is 7.93. The number of nitrogens with zero attached hydrogens (tertiary/aromatic N) is 2. The first kappa shape index (κ1) is 17.7. The fourth-order valence-corrected chi connectivity index (χ4v) is 2.51. The molecule has 134 valence electrons. The van der Waals surface area contributed by atoms with E-state index in [1.165, 1.54) is 12.1 Å². The number of carbonyl (C=O) groups is 1. The van der Waals surface area contributed by atoms with Crippen LogP contribution in [-0.4, -0.2) is 15.7 Å². The minimum atomic E-state index is -4.38. The number of nitrogens with one attached hydrogen (secondary N) is 1. The van der Waals surface area contributed by atoms with Crippen molar-refractivity contribution in [2.45, 2.75) is 19.1 Å². The highest BCUT2D eigenvalue weighted by Crippen LogP contribution is 2.29. The molecule has 7 heteroatoms. The fraction of sp³-hybridized carbons (Fsp3) is 0.158. The Morgan fingerprint density at radius 3 is 2.31 bits per heavy atom. The number of amides is 1. The van der Waals surface area contributed by atoms with Crippen molar-refractivity contribution in [2.75, 3.05) is 5.32 Å². The van der Waals surface area contributed by atoms with E-state index < -0.39 is 11.7 Å². The molecule has 2 aromatic carbocycles. The van der Waals surface area contributed by atoms with E-state index in [2.05, 4.69) is 10.4 Å². The van der Waals surface area contributed by atoms with Crippen LogP contribution in [0.25, 0.3) is 0 Å². The van der Waals surface area contributed by atoms with Gasteiger partial charge in [0.2, 0.25) is 5.91 Å². The van der Waals surface area contributed by atoms with Crippen LogP contribution in [0, 0.1) is 0 Å². The van der Waals surface area contributed by atoms with Crippen LogP contribution < -0.4 is 5.32 Å². The summed E-state index contributed by atoms with van der Waals surface area (Å²) < 4.78 is 39.4. The summed E-state index contributed by atoms with van der Waals surface area (Å²) in [4.78, 5) is 12.2. The van der Waals surface area contributed by atoms with Gasteiger partial charge in [-0.3, -0.25) is 4.79 Å². The number of anilines is 1. The van der Waals surface area contributed by atoms with Gasteiger partial charge in [-0.05, 0) is 23.3 Å². The molecule has 3 aromatic rings. The fourth-order valence-electron chi connectivity index (χ4n) is 2.51. The number of hydrogen-bond acceptors (Lipinski definition) is 2. The zero-order chi connectivity index (χ0) is 18.6. The van der Waals surface area contributed by atoms with Gasteiger partial charge in [-0.25, -0.2) is 4.68 Å². The number of benzene rings is 2. The third kappa shape index (κ3) is 4.50. The number of hydrogen-bond donors (Lipinski definition) is 1. The maximum absolute atomic E-state index is 12.6. The molecule has 0 aliphatic carbocycles. The molecule has 4 nitrogen and oxygen atoms in total. The third-order valence-corrected chi connectivity index (χ3v) is 3.81. The molecule has 0 saturated heterocycles. The zero-order valence-electron chi connectivity index (χ0n) is 13.7. The highest BCUT2D eigenvalue weighted by atomic mass is 19.4. The molecule has 0 fully saturated rings. The van der Waals surface area contributed by atoms with Crippen molar-refractivity contribution >= 4 is 11.7 Å². The largest absolute Gasteiger partial charge is 0.416 e. The lowest BCUT2D eigenvalue weighted by Gasteiger charge is -2.10. The van der Waals surface area contributed by atoms with E-state index in [1.54, 1.807) is 16.9 Å². The Morgan fingerprint density at radius 2 is 1.65 bits per heavy atom. The molecular weight excluding hydrogens is 343 g/mol. The molecular formula is C19H16F3N3O. The zero-order valence-corrected chi connectivity index (χ0v) is 13.7. The van der Waals surface area contributed by atoms with Crippen molar-refractivity contribution in [3.05, 3.63) is 83.6 Å². The second-order valence-electron chi connectivity index (χ2n) is 5.78. The van der Waals surface area contributed by atoms with Crippen molar-refractivity contribution in [1.82, 2.24) is 9.78 Å². The Balaban J connectivity index is 1.63. The number of halogens is 3. The van der Waals surface area contributed by atoms with Gasteiger partial charge in [0.1, 0.15) is 5.82 Å². The number of aromatic nitrogens is 2. The monoisotopic (exact) mass is 359 g/mol. The highest BCUT2D eigenvalue weighted by Gasteiger charge is 2.29. The molecule has 26 heavy (non-hydrogen) atoms. The van der Waals surface area contributed by atoms with Crippen LogP contribution in [0.3, 0.4) is 0 Å². The summed E-state index contributed by atoms with van der Waals surface area (Å²) in [7, 11) is 0. The topological polar surface area (TPSA) is 46.9 Å². The molecule has 0 spiro atoms. The minimum absolute atomic E-state index is 0.0192. The number of rotatable bonds is 5. The van der Waals surface area contributed by atoms with Crippen LogP contribution in [0.2, 0.25) is 0 Å². The first-order valence-electron chi connectivity index (χ1n) is 7.93. The summed E-state index contributed by atoms with van der Waals surface area (Å²) in [5, 5.41) is 6.93. The maximum atomic E-state index is 12.6. The summed E-state index contributed by atoms with van der Waals surface area (Å²) in [6.07, 6.45) is -2.82. The second-order valence-corrected chi connectivity index (χ2v) is 5.78. The van der Waals surface area contributed by atoms with Crippen LogP contribution in [0.4, 0.5) is 19.0 Å². The molecule has 1 N–H and O–H groups in total. The SMILES string of the molecule is O=C(Cc1ccc(C(F)(F)F)cc1)Nc1ccnn1Cc1ccccc1. The van der Waals surface area contributed by atoms with Gasteiger partial charge >= 0.3 is 6.18 Å². The van der Waals surface area contributed by atoms with Gasteiger partial charge in [0.05, 0.1) is 24.7 Å². The molecule has 3 rings (SSSR count). The Bertz CT molecular complexity index is 871. The quantitative estimate of drug-likeness (QED) is 0.745. The second kappa shape index (κ2) is 7.43. The number of carbonyl (C=O) groups excluding carboxylic acids is 1. The summed E-state index contributed by atoms with van der Waals surface area (Å²) in [6, 6.07) is 15.9. The van der Waals surface area contributed by atoms with Crippen LogP contribution in [0.1, 0.15) is 16.7 Å². The molecule has 0 saturated carbocycles. The van der Waals surface area contributed by atoms with Crippen LogP contribution >= 0.6 is 0 Å². The van der Waals surface area contributed by atoms with E-state index in [-0.39, 0.29) is 12.3 Å². The Hall–Kier alpha value is -3.09. The number of alkyl halides is 3. The van der Waals surface area contributed by atoms with Crippen molar-refractivity contribution in [1.29, 1.82) is 0 Å². The molecule has 0 aliphatic heterocycles. The van der Waals surface area contributed by atoms with Crippen molar-refractivity contribution < 1.29 is 18.0 Å². The Labute approximate surface area is 148 Å². The standard InChI is InChI=1S/C19H16F3N3O/c20-19(21,22)16-8-6-14(7-9-16)12-18(26)24-17-10-11-23-25(17)13-15-4-2-1-3-5-15/h1-11H,12-13H2,(H,24,26). The van der Waals surface area contributed by atoms with E-state index >= 15 is 0 Å². The normalized spacial score (nSPS) is 11.3. The lowest BCUT2D eigenvalue weighted by Crippen LogP contribution is -2.18. The average Bonchev–Trinajstić information content (AvgIpc) is 3.02. The molecule has 1 heterocycles. The smallest absolute Gasteiger partial charge is 0.311 e. The van der Waals surface area contributed by atoms with Crippen LogP contribution in [-0.2, 0) is 23.9 Å². The summed E-state index contributed by atoms with van der Waals surface area (Å²) in [5.74, 6) is 0.213. The maximum Gasteiger partial charge on any atom is 0.416 e. The molecule has 0 radical (unpaired) electrons. The first-order chi connectivity index (χ1) is 12.4. The van der Waals surface area contributed by atoms with Crippen molar-refractivity contribution in [2.24, 2.45) is 0 Å². The predicted molar refractivity (Wildman–Crippen MR) is 91.5 cm³/mol. The predicted octanol–water partition coefficient (Wildman–Crippen LogP) is 4.13. The molecule has 0 aliphatic rings. The highest BCUT2D eigenvalue weighted by molar-refractivity contribution is 5.91. The van der Waals surface area contributed by atoms with E-state index in [4.69, 9.17) is 0 Å².